The standard InChI is InChI=1S/C33H30N2O5/c1-3-39-27-12-8-24(9-13-27)30-29(32(37)33(38)35(30)20-23-16-18-34-19-17-23)31(36)25-10-14-28(15-11-25)40-21-26-7-5-4-6-22(26)2/h4-19,30,36H,3,20-21H2,1-2H3/b31-29+. The maximum Gasteiger partial charge on any atom is 0.295 e. The fourth-order valence-corrected chi connectivity index (χ4v) is 4.79. The number of aryl methyl sites for hydroxylation is 1. The molecule has 1 N–H and O–H groups in total. The molecule has 0 radical (unpaired) electrons. The van der Waals surface area contributed by atoms with Crippen LogP contribution in [-0.2, 0) is 22.7 Å². The summed E-state index contributed by atoms with van der Waals surface area (Å²) < 4.78 is 11.5. The number of ketones is 1. The lowest BCUT2D eigenvalue weighted by Gasteiger charge is -2.25. The highest BCUT2D eigenvalue weighted by atomic mass is 16.5. The third-order valence-electron chi connectivity index (χ3n) is 6.93. The quantitative estimate of drug-likeness (QED) is 0.161. The number of likely N-dealkylation sites (tertiary alicyclic amines) is 1. The van der Waals surface area contributed by atoms with Crippen molar-refractivity contribution in [2.45, 2.75) is 33.0 Å². The van der Waals surface area contributed by atoms with Gasteiger partial charge < -0.3 is 19.5 Å². The van der Waals surface area contributed by atoms with Gasteiger partial charge >= 0.3 is 0 Å². The molecule has 4 aromatic rings. The molecule has 3 aromatic carbocycles. The molecule has 7 nitrogen and oxygen atoms in total. The molecular weight excluding hydrogens is 504 g/mol. The summed E-state index contributed by atoms with van der Waals surface area (Å²) in [6.07, 6.45) is 3.28. The molecule has 7 heteroatoms. The van der Waals surface area contributed by atoms with Gasteiger partial charge in [0.25, 0.3) is 11.7 Å². The van der Waals surface area contributed by atoms with Gasteiger partial charge in [-0.1, -0.05) is 36.4 Å². The molecule has 0 spiro atoms. The van der Waals surface area contributed by atoms with Gasteiger partial charge in [-0.3, -0.25) is 14.6 Å². The van der Waals surface area contributed by atoms with Crippen molar-refractivity contribution < 1.29 is 24.2 Å². The average Bonchev–Trinajstić information content (AvgIpc) is 3.23. The Morgan fingerprint density at radius 2 is 1.52 bits per heavy atom. The van der Waals surface area contributed by atoms with E-state index in [1.54, 1.807) is 60.9 Å². The number of rotatable bonds is 9. The summed E-state index contributed by atoms with van der Waals surface area (Å²) in [5.74, 6) is -0.333. The maximum absolute atomic E-state index is 13.4. The van der Waals surface area contributed by atoms with Gasteiger partial charge in [0.1, 0.15) is 23.9 Å². The highest BCUT2D eigenvalue weighted by Gasteiger charge is 2.46. The Morgan fingerprint density at radius 3 is 2.20 bits per heavy atom. The molecule has 1 saturated heterocycles. The number of aliphatic hydroxyl groups excluding tert-OH is 1. The Morgan fingerprint density at radius 1 is 0.875 bits per heavy atom. The molecule has 1 amide bonds. The molecule has 1 aromatic heterocycles. The number of ether oxygens (including phenoxy) is 2. The van der Waals surface area contributed by atoms with Gasteiger partial charge in [-0.05, 0) is 84.6 Å². The zero-order valence-corrected chi connectivity index (χ0v) is 22.4. The first kappa shape index (κ1) is 26.7. The molecule has 0 aliphatic carbocycles. The van der Waals surface area contributed by atoms with Gasteiger partial charge in [-0.25, -0.2) is 0 Å². The van der Waals surface area contributed by atoms with Crippen LogP contribution in [0.1, 0.15) is 40.8 Å². The number of nitrogens with zero attached hydrogens (tertiary/aromatic N) is 2. The topological polar surface area (TPSA) is 89.0 Å². The van der Waals surface area contributed by atoms with Crippen LogP contribution in [0.4, 0.5) is 0 Å². The van der Waals surface area contributed by atoms with E-state index in [0.717, 1.165) is 16.7 Å². The predicted molar refractivity (Wildman–Crippen MR) is 152 cm³/mol. The highest BCUT2D eigenvalue weighted by Crippen LogP contribution is 2.40. The van der Waals surface area contributed by atoms with E-state index in [-0.39, 0.29) is 17.9 Å². The van der Waals surface area contributed by atoms with Crippen molar-refractivity contribution in [3.8, 4) is 11.5 Å². The number of benzene rings is 3. The highest BCUT2D eigenvalue weighted by molar-refractivity contribution is 6.46. The van der Waals surface area contributed by atoms with Crippen molar-refractivity contribution in [2.24, 2.45) is 0 Å². The second-order valence-corrected chi connectivity index (χ2v) is 9.52. The summed E-state index contributed by atoms with van der Waals surface area (Å²) in [5.41, 5.74) is 4.19. The van der Waals surface area contributed by atoms with Crippen LogP contribution in [0.15, 0.2) is 103 Å². The molecule has 5 rings (SSSR count). The summed E-state index contributed by atoms with van der Waals surface area (Å²) in [7, 11) is 0. The van der Waals surface area contributed by atoms with Gasteiger partial charge in [0.15, 0.2) is 0 Å². The van der Waals surface area contributed by atoms with E-state index in [2.05, 4.69) is 4.98 Å². The average molecular weight is 535 g/mol. The smallest absolute Gasteiger partial charge is 0.295 e. The molecule has 1 aliphatic heterocycles. The second-order valence-electron chi connectivity index (χ2n) is 9.52. The van der Waals surface area contributed by atoms with Crippen molar-refractivity contribution in [2.75, 3.05) is 6.61 Å². The third-order valence-corrected chi connectivity index (χ3v) is 6.93. The minimum atomic E-state index is -0.777. The lowest BCUT2D eigenvalue weighted by molar-refractivity contribution is -0.140. The van der Waals surface area contributed by atoms with E-state index < -0.39 is 17.7 Å². The predicted octanol–water partition coefficient (Wildman–Crippen LogP) is 5.99. The molecular formula is C33H30N2O5. The van der Waals surface area contributed by atoms with Crippen molar-refractivity contribution >= 4 is 17.4 Å². The van der Waals surface area contributed by atoms with Crippen LogP contribution in [-0.4, -0.2) is 33.3 Å². The van der Waals surface area contributed by atoms with Crippen LogP contribution in [0.25, 0.3) is 5.76 Å². The Hall–Kier alpha value is -4.91. The van der Waals surface area contributed by atoms with E-state index in [0.29, 0.717) is 35.8 Å². The first-order valence-electron chi connectivity index (χ1n) is 13.1. The lowest BCUT2D eigenvalue weighted by Crippen LogP contribution is -2.29. The number of carbonyl (C=O) groups is 2. The zero-order chi connectivity index (χ0) is 28.1. The van der Waals surface area contributed by atoms with Crippen molar-refractivity contribution in [1.82, 2.24) is 9.88 Å². The summed E-state index contributed by atoms with van der Waals surface area (Å²) in [6.45, 7) is 5.05. The van der Waals surface area contributed by atoms with Crippen LogP contribution in [0.2, 0.25) is 0 Å². The zero-order valence-electron chi connectivity index (χ0n) is 22.4. The molecule has 1 aliphatic rings. The van der Waals surface area contributed by atoms with Crippen LogP contribution >= 0.6 is 0 Å². The number of amides is 1. The number of Topliss-reactive ketones (excluding diaryl/α,β-unsaturated/α-hetero) is 1. The lowest BCUT2D eigenvalue weighted by atomic mass is 9.95. The molecule has 1 unspecified atom stereocenters. The molecule has 1 atom stereocenters. The van der Waals surface area contributed by atoms with Gasteiger partial charge in [0.05, 0.1) is 18.2 Å². The van der Waals surface area contributed by atoms with Gasteiger partial charge in [0.2, 0.25) is 0 Å². The number of pyridine rings is 1. The van der Waals surface area contributed by atoms with Crippen molar-refractivity contribution in [3.05, 3.63) is 131 Å². The Bertz CT molecular complexity index is 1530. The fraction of sp³-hybridized carbons (Fsp3) is 0.182. The van der Waals surface area contributed by atoms with Gasteiger partial charge in [-0.2, -0.15) is 0 Å². The van der Waals surface area contributed by atoms with Gasteiger partial charge in [0, 0.05) is 24.5 Å². The summed E-state index contributed by atoms with van der Waals surface area (Å²) >= 11 is 0. The second kappa shape index (κ2) is 11.9. The number of hydrogen-bond donors (Lipinski definition) is 1. The molecule has 0 saturated carbocycles. The third kappa shape index (κ3) is 5.59. The first-order valence-corrected chi connectivity index (χ1v) is 13.1. The van der Waals surface area contributed by atoms with E-state index in [1.807, 2.05) is 50.2 Å². The largest absolute Gasteiger partial charge is 0.507 e. The summed E-state index contributed by atoms with van der Waals surface area (Å²) in [6, 6.07) is 24.9. The number of hydrogen-bond acceptors (Lipinski definition) is 6. The van der Waals surface area contributed by atoms with E-state index in [9.17, 15) is 14.7 Å². The maximum atomic E-state index is 13.4. The molecule has 2 heterocycles. The number of aromatic nitrogens is 1. The van der Waals surface area contributed by atoms with Crippen LogP contribution < -0.4 is 9.47 Å². The van der Waals surface area contributed by atoms with Gasteiger partial charge in [-0.15, -0.1) is 0 Å². The first-order chi connectivity index (χ1) is 19.5. The van der Waals surface area contributed by atoms with Crippen molar-refractivity contribution in [3.63, 3.8) is 0 Å². The Balaban J connectivity index is 1.47. The summed E-state index contributed by atoms with van der Waals surface area (Å²) in [5, 5.41) is 11.4. The minimum absolute atomic E-state index is 0.0387. The van der Waals surface area contributed by atoms with E-state index >= 15 is 0 Å². The molecule has 202 valence electrons. The number of carbonyl (C=O) groups excluding carboxylic acids is 2. The minimum Gasteiger partial charge on any atom is -0.507 e. The normalized spacial score (nSPS) is 16.2. The fourth-order valence-electron chi connectivity index (χ4n) is 4.79. The molecule has 40 heavy (non-hydrogen) atoms. The SMILES string of the molecule is CCOc1ccc(C2/C(=C(\O)c3ccc(OCc4ccccc4C)cc3)C(=O)C(=O)N2Cc2ccncc2)cc1. The monoisotopic (exact) mass is 534 g/mol. The van der Waals surface area contributed by atoms with E-state index in [4.69, 9.17) is 9.47 Å². The molecule has 1 fully saturated rings. The van der Waals surface area contributed by atoms with Crippen molar-refractivity contribution in [1.29, 1.82) is 0 Å². The Labute approximate surface area is 233 Å². The van der Waals surface area contributed by atoms with E-state index in [1.165, 1.54) is 4.90 Å². The van der Waals surface area contributed by atoms with Crippen LogP contribution in [0.5, 0.6) is 11.5 Å². The number of aliphatic hydroxyl groups is 1. The summed E-state index contributed by atoms with van der Waals surface area (Å²) in [4.78, 5) is 32.2. The Kier molecular flexibility index (Phi) is 7.92. The molecule has 0 bridgehead atoms. The van der Waals surface area contributed by atoms with Crippen LogP contribution in [0, 0.1) is 6.92 Å². The van der Waals surface area contributed by atoms with Crippen LogP contribution in [0.3, 0.4) is 0 Å².